The monoisotopic (exact) mass is 313 g/mol. The van der Waals surface area contributed by atoms with Gasteiger partial charge in [0, 0.05) is 23.7 Å². The first-order valence-electron chi connectivity index (χ1n) is 7.88. The van der Waals surface area contributed by atoms with Gasteiger partial charge in [0.1, 0.15) is 5.65 Å². The third kappa shape index (κ3) is 3.63. The largest absolute Gasteiger partial charge is 0.466 e. The Hall–Kier alpha value is -2.53. The van der Waals surface area contributed by atoms with Crippen LogP contribution >= 0.6 is 0 Å². The molecule has 0 aromatic carbocycles. The summed E-state index contributed by atoms with van der Waals surface area (Å²) in [6.07, 6.45) is 7.35. The van der Waals surface area contributed by atoms with E-state index in [2.05, 4.69) is 27.3 Å². The summed E-state index contributed by atoms with van der Waals surface area (Å²) in [6.45, 7) is 2.44. The summed E-state index contributed by atoms with van der Waals surface area (Å²) in [5.74, 6) is 0.423. The van der Waals surface area contributed by atoms with Crippen LogP contribution in [-0.4, -0.2) is 22.0 Å². The first kappa shape index (κ1) is 15.4. The number of hydrogen-bond donors (Lipinski definition) is 0. The molecule has 0 unspecified atom stereocenters. The van der Waals surface area contributed by atoms with Crippen molar-refractivity contribution in [1.29, 1.82) is 0 Å². The molecule has 0 aliphatic heterocycles. The number of imidazole rings is 1. The van der Waals surface area contributed by atoms with Crippen LogP contribution in [-0.2, 0) is 22.5 Å². The lowest BCUT2D eigenvalue weighted by atomic mass is 10.1. The van der Waals surface area contributed by atoms with E-state index in [1.54, 1.807) is 6.92 Å². The summed E-state index contributed by atoms with van der Waals surface area (Å²) in [6, 6.07) is 2.15. The van der Waals surface area contributed by atoms with Crippen LogP contribution in [0.4, 0.5) is 0 Å². The van der Waals surface area contributed by atoms with Crippen LogP contribution in [0, 0.1) is 0 Å². The molecule has 0 bridgehead atoms. The Kier molecular flexibility index (Phi) is 4.48. The van der Waals surface area contributed by atoms with Gasteiger partial charge in [0.25, 0.3) is 0 Å². The standard InChI is InChI=1S/C16H19N5O2/c1-2-23-15(22)6-5-12-7-13(11-3-4-11)9-21-10-14(8-18-20-17)19-16(12)21/h7,9-11H,2-6,8H2,1H3. The maximum Gasteiger partial charge on any atom is 0.306 e. The number of rotatable bonds is 7. The van der Waals surface area contributed by atoms with Crippen LogP contribution in [0.2, 0.25) is 0 Å². The highest BCUT2D eigenvalue weighted by Crippen LogP contribution is 2.40. The maximum absolute atomic E-state index is 11.6. The zero-order valence-electron chi connectivity index (χ0n) is 13.1. The summed E-state index contributed by atoms with van der Waals surface area (Å²) in [5, 5.41) is 3.57. The molecule has 7 heteroatoms. The second-order valence-corrected chi connectivity index (χ2v) is 5.73. The minimum absolute atomic E-state index is 0.191. The lowest BCUT2D eigenvalue weighted by Crippen LogP contribution is -2.06. The molecule has 1 saturated carbocycles. The van der Waals surface area contributed by atoms with Crippen molar-refractivity contribution in [3.8, 4) is 0 Å². The molecule has 0 saturated heterocycles. The molecule has 1 fully saturated rings. The van der Waals surface area contributed by atoms with Gasteiger partial charge in [-0.15, -0.1) is 0 Å². The Labute approximate surface area is 133 Å². The quantitative estimate of drug-likeness (QED) is 0.339. The molecule has 2 heterocycles. The number of carbonyl (C=O) groups excluding carboxylic acids is 1. The predicted molar refractivity (Wildman–Crippen MR) is 85.0 cm³/mol. The number of esters is 1. The van der Waals surface area contributed by atoms with E-state index in [9.17, 15) is 4.79 Å². The van der Waals surface area contributed by atoms with Gasteiger partial charge in [-0.3, -0.25) is 4.79 Å². The summed E-state index contributed by atoms with van der Waals surface area (Å²) in [7, 11) is 0. The van der Waals surface area contributed by atoms with Crippen molar-refractivity contribution in [2.75, 3.05) is 6.61 Å². The molecule has 0 atom stereocenters. The Morgan fingerprint density at radius 1 is 1.52 bits per heavy atom. The third-order valence-electron chi connectivity index (χ3n) is 3.95. The van der Waals surface area contributed by atoms with Gasteiger partial charge in [-0.25, -0.2) is 4.98 Å². The summed E-state index contributed by atoms with van der Waals surface area (Å²) in [4.78, 5) is 18.9. The van der Waals surface area contributed by atoms with Gasteiger partial charge in [-0.1, -0.05) is 11.2 Å². The van der Waals surface area contributed by atoms with Crippen molar-refractivity contribution in [1.82, 2.24) is 9.38 Å². The molecule has 0 spiro atoms. The second-order valence-electron chi connectivity index (χ2n) is 5.73. The molecule has 2 aromatic rings. The minimum atomic E-state index is -0.191. The van der Waals surface area contributed by atoms with Crippen molar-refractivity contribution < 1.29 is 9.53 Å². The fraction of sp³-hybridized carbons (Fsp3) is 0.500. The molecule has 7 nitrogen and oxygen atoms in total. The second kappa shape index (κ2) is 6.71. The Bertz CT molecular complexity index is 772. The fourth-order valence-corrected chi connectivity index (χ4v) is 2.72. The summed E-state index contributed by atoms with van der Waals surface area (Å²) < 4.78 is 6.99. The highest BCUT2D eigenvalue weighted by Gasteiger charge is 2.25. The van der Waals surface area contributed by atoms with E-state index >= 15 is 0 Å². The Morgan fingerprint density at radius 3 is 3.04 bits per heavy atom. The first-order valence-corrected chi connectivity index (χ1v) is 7.88. The van der Waals surface area contributed by atoms with Crippen molar-refractivity contribution in [3.63, 3.8) is 0 Å². The molecular formula is C16H19N5O2. The maximum atomic E-state index is 11.6. The highest BCUT2D eigenvalue weighted by molar-refractivity contribution is 5.70. The number of nitrogens with zero attached hydrogens (tertiary/aromatic N) is 5. The minimum Gasteiger partial charge on any atom is -0.466 e. The van der Waals surface area contributed by atoms with Crippen LogP contribution in [0.15, 0.2) is 23.6 Å². The highest BCUT2D eigenvalue weighted by atomic mass is 16.5. The van der Waals surface area contributed by atoms with Crippen molar-refractivity contribution in [2.24, 2.45) is 5.11 Å². The molecule has 1 aliphatic carbocycles. The molecule has 0 radical (unpaired) electrons. The molecule has 120 valence electrons. The van der Waals surface area contributed by atoms with E-state index in [1.165, 1.54) is 18.4 Å². The van der Waals surface area contributed by atoms with Gasteiger partial charge >= 0.3 is 5.97 Å². The van der Waals surface area contributed by atoms with Crippen LogP contribution in [0.3, 0.4) is 0 Å². The number of pyridine rings is 1. The van der Waals surface area contributed by atoms with Gasteiger partial charge in [0.15, 0.2) is 0 Å². The van der Waals surface area contributed by atoms with E-state index in [4.69, 9.17) is 10.3 Å². The summed E-state index contributed by atoms with van der Waals surface area (Å²) in [5.41, 5.74) is 12.3. The number of azide groups is 1. The number of carbonyl (C=O) groups is 1. The van der Waals surface area contributed by atoms with E-state index in [0.29, 0.717) is 25.4 Å². The number of aryl methyl sites for hydroxylation is 1. The Morgan fingerprint density at radius 2 is 2.35 bits per heavy atom. The number of hydrogen-bond acceptors (Lipinski definition) is 4. The molecule has 0 N–H and O–H groups in total. The normalized spacial score (nSPS) is 13.8. The Balaban J connectivity index is 1.90. The van der Waals surface area contributed by atoms with Gasteiger partial charge in [-0.2, -0.15) is 0 Å². The average molecular weight is 313 g/mol. The van der Waals surface area contributed by atoms with E-state index in [-0.39, 0.29) is 12.5 Å². The van der Waals surface area contributed by atoms with Crippen LogP contribution in [0.1, 0.15) is 48.9 Å². The van der Waals surface area contributed by atoms with Crippen molar-refractivity contribution >= 4 is 11.6 Å². The molecule has 1 aliphatic rings. The number of aromatic nitrogens is 2. The molecule has 3 rings (SSSR count). The zero-order chi connectivity index (χ0) is 16.2. The van der Waals surface area contributed by atoms with Crippen molar-refractivity contribution in [2.45, 2.75) is 45.1 Å². The van der Waals surface area contributed by atoms with E-state index in [1.807, 2.05) is 10.6 Å². The lowest BCUT2D eigenvalue weighted by molar-refractivity contribution is -0.143. The zero-order valence-corrected chi connectivity index (χ0v) is 13.1. The fourth-order valence-electron chi connectivity index (χ4n) is 2.72. The smallest absolute Gasteiger partial charge is 0.306 e. The molecule has 23 heavy (non-hydrogen) atoms. The lowest BCUT2D eigenvalue weighted by Gasteiger charge is -2.07. The topological polar surface area (TPSA) is 92.4 Å². The first-order chi connectivity index (χ1) is 11.2. The summed E-state index contributed by atoms with van der Waals surface area (Å²) >= 11 is 0. The van der Waals surface area contributed by atoms with E-state index < -0.39 is 0 Å². The average Bonchev–Trinajstić information content (AvgIpc) is 3.30. The van der Waals surface area contributed by atoms with Crippen LogP contribution in [0.5, 0.6) is 0 Å². The molecule has 2 aromatic heterocycles. The molecule has 0 amide bonds. The third-order valence-corrected chi connectivity index (χ3v) is 3.95. The van der Waals surface area contributed by atoms with Crippen LogP contribution in [0.25, 0.3) is 16.1 Å². The van der Waals surface area contributed by atoms with E-state index in [0.717, 1.165) is 16.9 Å². The SMILES string of the molecule is CCOC(=O)CCc1cc(C2CC2)cn2cc(CN=[N+]=[N-])nc12. The van der Waals surface area contributed by atoms with Gasteiger partial charge in [0.05, 0.1) is 18.8 Å². The number of ether oxygens (including phenoxy) is 1. The predicted octanol–water partition coefficient (Wildman–Crippen LogP) is 3.52. The van der Waals surface area contributed by atoms with Crippen LogP contribution < -0.4 is 0 Å². The van der Waals surface area contributed by atoms with Gasteiger partial charge in [0.2, 0.25) is 0 Å². The van der Waals surface area contributed by atoms with Gasteiger partial charge < -0.3 is 9.14 Å². The molecular weight excluding hydrogens is 294 g/mol. The van der Waals surface area contributed by atoms with Gasteiger partial charge in [-0.05, 0) is 48.8 Å². The number of fused-ring (bicyclic) bond motifs is 1. The van der Waals surface area contributed by atoms with Crippen molar-refractivity contribution in [3.05, 3.63) is 45.7 Å².